The lowest BCUT2D eigenvalue weighted by Crippen LogP contribution is -1.98. The molecule has 1 aromatic heterocycles. The summed E-state index contributed by atoms with van der Waals surface area (Å²) in [5.41, 5.74) is 3.28. The molecular formula is C20H14N2S. The van der Waals surface area contributed by atoms with Gasteiger partial charge in [-0.25, -0.2) is 0 Å². The van der Waals surface area contributed by atoms with Crippen LogP contribution >= 0.6 is 11.3 Å². The number of benzene rings is 3. The van der Waals surface area contributed by atoms with Gasteiger partial charge in [-0.2, -0.15) is 0 Å². The Labute approximate surface area is 138 Å². The molecule has 0 bridgehead atoms. The number of hydrogen-bond acceptors (Lipinski definition) is 3. The third-order valence-electron chi connectivity index (χ3n) is 4.03. The van der Waals surface area contributed by atoms with Crippen LogP contribution in [0.2, 0.25) is 0 Å². The molecule has 0 aliphatic carbocycles. The fraction of sp³-hybridized carbons (Fsp3) is 0. The molecule has 0 saturated carbocycles. The topological polar surface area (TPSA) is 47.7 Å². The van der Waals surface area contributed by atoms with E-state index in [0.717, 1.165) is 17.3 Å². The van der Waals surface area contributed by atoms with Crippen molar-refractivity contribution in [3.05, 3.63) is 72.3 Å². The van der Waals surface area contributed by atoms with Crippen molar-refractivity contribution < 1.29 is 0 Å². The van der Waals surface area contributed by atoms with Gasteiger partial charge in [0.25, 0.3) is 0 Å². The lowest BCUT2D eigenvalue weighted by Gasteiger charge is -2.06. The van der Waals surface area contributed by atoms with Crippen LogP contribution in [0.5, 0.6) is 0 Å². The number of hydrogen-bond donors (Lipinski definition) is 2. The van der Waals surface area contributed by atoms with Crippen molar-refractivity contribution in [2.45, 2.75) is 0 Å². The maximum Gasteiger partial charge on any atom is 0.0787 e. The van der Waals surface area contributed by atoms with Crippen molar-refractivity contribution in [1.29, 1.82) is 10.8 Å². The van der Waals surface area contributed by atoms with E-state index >= 15 is 0 Å². The van der Waals surface area contributed by atoms with Crippen molar-refractivity contribution in [2.24, 2.45) is 0 Å². The average molecular weight is 314 g/mol. The van der Waals surface area contributed by atoms with E-state index in [9.17, 15) is 0 Å². The first kappa shape index (κ1) is 13.9. The summed E-state index contributed by atoms with van der Waals surface area (Å²) < 4.78 is 2.56. The van der Waals surface area contributed by atoms with E-state index in [2.05, 4.69) is 48.5 Å². The van der Waals surface area contributed by atoms with Gasteiger partial charge in [-0.1, -0.05) is 54.6 Å². The zero-order valence-electron chi connectivity index (χ0n) is 12.3. The Morgan fingerprint density at radius 3 is 2.52 bits per heavy atom. The first-order valence-electron chi connectivity index (χ1n) is 7.38. The molecule has 0 aliphatic rings. The largest absolute Gasteiger partial charge is 0.307 e. The van der Waals surface area contributed by atoms with Crippen molar-refractivity contribution in [3.63, 3.8) is 0 Å². The third-order valence-corrected chi connectivity index (χ3v) is 5.25. The molecule has 23 heavy (non-hydrogen) atoms. The molecule has 0 amide bonds. The van der Waals surface area contributed by atoms with E-state index in [4.69, 9.17) is 10.8 Å². The minimum absolute atomic E-state index is 0.232. The summed E-state index contributed by atoms with van der Waals surface area (Å²) in [6.07, 6.45) is 1.08. The predicted molar refractivity (Wildman–Crippen MR) is 100 cm³/mol. The van der Waals surface area contributed by atoms with Crippen LogP contribution in [0.25, 0.3) is 31.3 Å². The van der Waals surface area contributed by atoms with Crippen LogP contribution in [-0.4, -0.2) is 11.9 Å². The van der Waals surface area contributed by atoms with Gasteiger partial charge in [-0.15, -0.1) is 11.3 Å². The van der Waals surface area contributed by atoms with Crippen LogP contribution in [0, 0.1) is 10.8 Å². The van der Waals surface area contributed by atoms with Crippen LogP contribution in [0.15, 0.2) is 66.7 Å². The third kappa shape index (κ3) is 2.26. The zero-order chi connectivity index (χ0) is 15.8. The van der Waals surface area contributed by atoms with Crippen LogP contribution in [0.1, 0.15) is 5.56 Å². The first-order chi connectivity index (χ1) is 11.3. The quantitative estimate of drug-likeness (QED) is 0.453. The average Bonchev–Trinajstić information content (AvgIpc) is 3.00. The Morgan fingerprint density at radius 2 is 1.65 bits per heavy atom. The van der Waals surface area contributed by atoms with Gasteiger partial charge in [0.05, 0.1) is 5.71 Å². The highest BCUT2D eigenvalue weighted by atomic mass is 32.1. The normalized spacial score (nSPS) is 11.0. The number of nitrogens with one attached hydrogen (secondary N) is 2. The molecule has 0 fully saturated rings. The van der Waals surface area contributed by atoms with E-state index in [1.54, 1.807) is 11.3 Å². The molecule has 0 radical (unpaired) electrons. The lowest BCUT2D eigenvalue weighted by atomic mass is 9.99. The molecule has 0 spiro atoms. The summed E-state index contributed by atoms with van der Waals surface area (Å²) in [5, 5.41) is 17.7. The Hall–Kier alpha value is -2.78. The molecule has 3 aromatic carbocycles. The van der Waals surface area contributed by atoms with Crippen LogP contribution in [0.3, 0.4) is 0 Å². The van der Waals surface area contributed by atoms with Gasteiger partial charge in [-0.3, -0.25) is 5.41 Å². The number of rotatable bonds is 3. The highest BCUT2D eigenvalue weighted by molar-refractivity contribution is 7.26. The molecule has 0 aliphatic heterocycles. The lowest BCUT2D eigenvalue weighted by molar-refractivity contribution is 1.49. The van der Waals surface area contributed by atoms with Crippen molar-refractivity contribution >= 4 is 43.4 Å². The summed E-state index contributed by atoms with van der Waals surface area (Å²) >= 11 is 1.80. The summed E-state index contributed by atoms with van der Waals surface area (Å²) in [4.78, 5) is 0. The fourth-order valence-electron chi connectivity index (χ4n) is 2.91. The smallest absolute Gasteiger partial charge is 0.0787 e. The standard InChI is InChI=1S/C20H14N2S/c21-12-18(22)14-6-3-5-13(11-14)15-8-4-9-17-16-7-1-2-10-19(16)23-20(15)17/h1-12,21-22H. The highest BCUT2D eigenvalue weighted by Gasteiger charge is 2.10. The molecule has 110 valence electrons. The minimum Gasteiger partial charge on any atom is -0.307 e. The SMILES string of the molecule is N=CC(=N)c1cccc(-c2cccc3c2sc2ccccc23)c1. The van der Waals surface area contributed by atoms with Crippen LogP contribution in [0.4, 0.5) is 0 Å². The molecule has 1 heterocycles. The molecular weight excluding hydrogens is 300 g/mol. The van der Waals surface area contributed by atoms with Gasteiger partial charge < -0.3 is 5.41 Å². The summed E-state index contributed by atoms with van der Waals surface area (Å²) in [6.45, 7) is 0. The van der Waals surface area contributed by atoms with Gasteiger partial charge in [0.1, 0.15) is 0 Å². The van der Waals surface area contributed by atoms with E-state index in [0.29, 0.717) is 0 Å². The van der Waals surface area contributed by atoms with Gasteiger partial charge in [0.15, 0.2) is 0 Å². The van der Waals surface area contributed by atoms with Gasteiger partial charge >= 0.3 is 0 Å². The van der Waals surface area contributed by atoms with E-state index in [1.807, 2.05) is 18.2 Å². The van der Waals surface area contributed by atoms with E-state index in [1.165, 1.54) is 25.7 Å². The van der Waals surface area contributed by atoms with Gasteiger partial charge in [0, 0.05) is 32.0 Å². The Morgan fingerprint density at radius 1 is 0.870 bits per heavy atom. The zero-order valence-corrected chi connectivity index (χ0v) is 13.2. The molecule has 3 heteroatoms. The van der Waals surface area contributed by atoms with Crippen molar-refractivity contribution in [2.75, 3.05) is 0 Å². The second-order valence-electron chi connectivity index (χ2n) is 5.42. The maximum atomic E-state index is 7.85. The molecule has 2 N–H and O–H groups in total. The van der Waals surface area contributed by atoms with Gasteiger partial charge in [-0.05, 0) is 23.3 Å². The van der Waals surface area contributed by atoms with Gasteiger partial charge in [0.2, 0.25) is 0 Å². The molecule has 0 atom stereocenters. The van der Waals surface area contributed by atoms with Crippen LogP contribution in [-0.2, 0) is 0 Å². The first-order valence-corrected chi connectivity index (χ1v) is 8.19. The number of fused-ring (bicyclic) bond motifs is 3. The Bertz CT molecular complexity index is 1060. The van der Waals surface area contributed by atoms with E-state index in [-0.39, 0.29) is 5.71 Å². The number of thiophene rings is 1. The maximum absolute atomic E-state index is 7.85. The monoisotopic (exact) mass is 314 g/mol. The molecule has 4 aromatic rings. The molecule has 0 unspecified atom stereocenters. The summed E-state index contributed by atoms with van der Waals surface area (Å²) in [6, 6.07) is 22.8. The Kier molecular flexibility index (Phi) is 3.28. The predicted octanol–water partition coefficient (Wildman–Crippen LogP) is 5.74. The summed E-state index contributed by atoms with van der Waals surface area (Å²) in [5.74, 6) is 0. The Balaban J connectivity index is 1.99. The second kappa shape index (κ2) is 5.45. The minimum atomic E-state index is 0.232. The van der Waals surface area contributed by atoms with Crippen molar-refractivity contribution in [3.8, 4) is 11.1 Å². The van der Waals surface area contributed by atoms with Crippen molar-refractivity contribution in [1.82, 2.24) is 0 Å². The summed E-state index contributed by atoms with van der Waals surface area (Å²) in [7, 11) is 0. The molecule has 4 rings (SSSR count). The van der Waals surface area contributed by atoms with Crippen LogP contribution < -0.4 is 0 Å². The molecule has 0 saturated heterocycles. The fourth-order valence-corrected chi connectivity index (χ4v) is 4.15. The highest BCUT2D eigenvalue weighted by Crippen LogP contribution is 2.39. The molecule has 2 nitrogen and oxygen atoms in total. The van der Waals surface area contributed by atoms with E-state index < -0.39 is 0 Å². The second-order valence-corrected chi connectivity index (χ2v) is 6.47.